The van der Waals surface area contributed by atoms with Crippen molar-refractivity contribution >= 4 is 85.8 Å². The molecule has 4 nitrogen and oxygen atoms in total. The number of fused-ring (bicyclic) bond motifs is 12. The van der Waals surface area contributed by atoms with Gasteiger partial charge in [0.1, 0.15) is 11.2 Å². The van der Waals surface area contributed by atoms with Crippen LogP contribution in [0.25, 0.3) is 120 Å². The van der Waals surface area contributed by atoms with Gasteiger partial charge in [-0.3, -0.25) is 0 Å². The number of hydrogen-bond acceptors (Lipinski definition) is 5. The van der Waals surface area contributed by atoms with Crippen LogP contribution >= 0.6 is 11.3 Å². The van der Waals surface area contributed by atoms with Crippen molar-refractivity contribution in [2.75, 3.05) is 0 Å². The van der Waals surface area contributed by atoms with Crippen LogP contribution in [0, 0.1) is 0 Å². The highest BCUT2D eigenvalue weighted by molar-refractivity contribution is 7.26. The van der Waals surface area contributed by atoms with E-state index in [0.29, 0.717) is 17.5 Å². The number of benzene rings is 9. The second-order valence-electron chi connectivity index (χ2n) is 14.3. The third-order valence-electron chi connectivity index (χ3n) is 11.1. The fourth-order valence-corrected chi connectivity index (χ4v) is 9.71. The maximum absolute atomic E-state index is 6.71. The van der Waals surface area contributed by atoms with Crippen LogP contribution in [0.3, 0.4) is 0 Å². The summed E-state index contributed by atoms with van der Waals surface area (Å²) in [5.74, 6) is 1.83. The average Bonchev–Trinajstić information content (AvgIpc) is 3.85. The van der Waals surface area contributed by atoms with Crippen molar-refractivity contribution in [1.29, 1.82) is 0 Å². The van der Waals surface area contributed by atoms with Gasteiger partial charge < -0.3 is 4.42 Å². The topological polar surface area (TPSA) is 51.8 Å². The molecule has 3 aromatic heterocycles. The maximum Gasteiger partial charge on any atom is 0.167 e. The average molecular weight is 732 g/mol. The third kappa shape index (κ3) is 4.75. The predicted molar refractivity (Wildman–Crippen MR) is 234 cm³/mol. The van der Waals surface area contributed by atoms with E-state index in [9.17, 15) is 0 Å². The Morgan fingerprint density at radius 2 is 0.875 bits per heavy atom. The predicted octanol–water partition coefficient (Wildman–Crippen LogP) is 14.3. The second kappa shape index (κ2) is 12.2. The lowest BCUT2D eigenvalue weighted by Gasteiger charge is -2.12. The zero-order chi connectivity index (χ0) is 36.7. The van der Waals surface area contributed by atoms with Gasteiger partial charge in [-0.15, -0.1) is 11.3 Å². The quantitative estimate of drug-likeness (QED) is 0.169. The highest BCUT2D eigenvalue weighted by Gasteiger charge is 2.20. The summed E-state index contributed by atoms with van der Waals surface area (Å²) in [6.07, 6.45) is 0. The summed E-state index contributed by atoms with van der Waals surface area (Å²) in [4.78, 5) is 15.4. The van der Waals surface area contributed by atoms with E-state index in [1.165, 1.54) is 47.8 Å². The number of nitrogens with zero attached hydrogens (tertiary/aromatic N) is 3. The number of thiophene rings is 1. The largest absolute Gasteiger partial charge is 0.455 e. The van der Waals surface area contributed by atoms with E-state index in [-0.39, 0.29) is 0 Å². The summed E-state index contributed by atoms with van der Waals surface area (Å²) in [6.45, 7) is 0. The molecule has 5 heteroatoms. The molecule has 9 aromatic carbocycles. The molecule has 0 bridgehead atoms. The first-order valence-corrected chi connectivity index (χ1v) is 19.6. The molecule has 0 aliphatic rings. The SMILES string of the molecule is c1ccc(-c2nc(-c3cccc4c3oc3ccc(-c5ccc6c7ccccc7c7ccccc7c6c5)cc34)nc(-c3cccc4c3sc3ccccc34)n2)cc1. The monoisotopic (exact) mass is 731 g/mol. The molecule has 12 rings (SSSR count). The molecule has 3 heterocycles. The van der Waals surface area contributed by atoms with E-state index < -0.39 is 0 Å². The minimum Gasteiger partial charge on any atom is -0.455 e. The molecular formula is C51H29N3OS. The molecule has 0 atom stereocenters. The molecule has 260 valence electrons. The zero-order valence-electron chi connectivity index (χ0n) is 29.9. The van der Waals surface area contributed by atoms with Gasteiger partial charge in [-0.1, -0.05) is 140 Å². The molecule has 0 amide bonds. The summed E-state index contributed by atoms with van der Waals surface area (Å²) >= 11 is 1.77. The molecular weight excluding hydrogens is 703 g/mol. The number of hydrogen-bond donors (Lipinski definition) is 0. The van der Waals surface area contributed by atoms with E-state index in [4.69, 9.17) is 19.4 Å². The minimum absolute atomic E-state index is 0.575. The summed E-state index contributed by atoms with van der Waals surface area (Å²) in [7, 11) is 0. The third-order valence-corrected chi connectivity index (χ3v) is 12.3. The maximum atomic E-state index is 6.71. The van der Waals surface area contributed by atoms with Gasteiger partial charge in [-0.05, 0) is 79.8 Å². The standard InChI is InChI=1S/C51H29N3OS/c1-2-12-30(13-3-1)49-52-50(54-51(53-49)42-22-11-20-40-38-18-8-9-23-46(38)56-48(40)42)41-21-10-19-39-44-29-32(25-27-45(44)55-47(39)41)31-24-26-37-35-16-5-4-14-33(35)34-15-6-7-17-36(34)43(37)28-31/h1-29H. The number of aromatic nitrogens is 3. The van der Waals surface area contributed by atoms with Crippen LogP contribution in [-0.4, -0.2) is 15.0 Å². The molecule has 12 aromatic rings. The molecule has 0 aliphatic carbocycles. The molecule has 0 spiro atoms. The van der Waals surface area contributed by atoms with E-state index in [1.807, 2.05) is 30.3 Å². The summed E-state index contributed by atoms with van der Waals surface area (Å²) < 4.78 is 9.11. The molecule has 0 unspecified atom stereocenters. The fourth-order valence-electron chi connectivity index (χ4n) is 8.50. The lowest BCUT2D eigenvalue weighted by atomic mass is 9.92. The van der Waals surface area contributed by atoms with Gasteiger partial charge in [-0.2, -0.15) is 0 Å². The molecule has 0 saturated carbocycles. The highest BCUT2D eigenvalue weighted by atomic mass is 32.1. The first-order valence-electron chi connectivity index (χ1n) is 18.8. The van der Waals surface area contributed by atoms with Gasteiger partial charge >= 0.3 is 0 Å². The van der Waals surface area contributed by atoms with E-state index >= 15 is 0 Å². The Kier molecular flexibility index (Phi) is 6.76. The summed E-state index contributed by atoms with van der Waals surface area (Å²) in [5.41, 5.74) is 6.62. The second-order valence-corrected chi connectivity index (χ2v) is 15.4. The Balaban J connectivity index is 1.04. The van der Waals surface area contributed by atoms with Crippen molar-refractivity contribution in [2.24, 2.45) is 0 Å². The van der Waals surface area contributed by atoms with E-state index in [2.05, 4.69) is 146 Å². The Morgan fingerprint density at radius 3 is 1.62 bits per heavy atom. The normalized spacial score (nSPS) is 11.9. The number of para-hydroxylation sites is 1. The van der Waals surface area contributed by atoms with Gasteiger partial charge in [0, 0.05) is 42.1 Å². The lowest BCUT2D eigenvalue weighted by Crippen LogP contribution is -2.00. The van der Waals surface area contributed by atoms with Crippen molar-refractivity contribution in [3.63, 3.8) is 0 Å². The Bertz CT molecular complexity index is 3510. The highest BCUT2D eigenvalue weighted by Crippen LogP contribution is 2.42. The van der Waals surface area contributed by atoms with Crippen LogP contribution in [0.5, 0.6) is 0 Å². The Hall–Kier alpha value is -7.21. The Morgan fingerprint density at radius 1 is 0.339 bits per heavy atom. The van der Waals surface area contributed by atoms with Crippen LogP contribution in [0.1, 0.15) is 0 Å². The molecule has 0 fully saturated rings. The van der Waals surface area contributed by atoms with Crippen LogP contribution < -0.4 is 0 Å². The summed E-state index contributed by atoms with van der Waals surface area (Å²) in [5, 5.41) is 12.1. The van der Waals surface area contributed by atoms with Gasteiger partial charge in [0.2, 0.25) is 0 Å². The zero-order valence-corrected chi connectivity index (χ0v) is 30.7. The minimum atomic E-state index is 0.575. The molecule has 0 aliphatic heterocycles. The van der Waals surface area contributed by atoms with E-state index in [1.54, 1.807) is 11.3 Å². The van der Waals surface area contributed by atoms with Crippen molar-refractivity contribution in [3.8, 4) is 45.3 Å². The van der Waals surface area contributed by atoms with Crippen molar-refractivity contribution in [3.05, 3.63) is 176 Å². The van der Waals surface area contributed by atoms with Crippen molar-refractivity contribution in [1.82, 2.24) is 15.0 Å². The van der Waals surface area contributed by atoms with Crippen LogP contribution in [0.2, 0.25) is 0 Å². The van der Waals surface area contributed by atoms with Gasteiger partial charge in [0.15, 0.2) is 17.5 Å². The first kappa shape index (κ1) is 31.2. The summed E-state index contributed by atoms with van der Waals surface area (Å²) in [6, 6.07) is 62.1. The van der Waals surface area contributed by atoms with Crippen molar-refractivity contribution < 1.29 is 4.42 Å². The number of furan rings is 1. The van der Waals surface area contributed by atoms with Gasteiger partial charge in [0.25, 0.3) is 0 Å². The van der Waals surface area contributed by atoms with Crippen LogP contribution in [-0.2, 0) is 0 Å². The van der Waals surface area contributed by atoms with Crippen LogP contribution in [0.15, 0.2) is 180 Å². The van der Waals surface area contributed by atoms with Crippen molar-refractivity contribution in [2.45, 2.75) is 0 Å². The number of rotatable bonds is 4. The van der Waals surface area contributed by atoms with Gasteiger partial charge in [0.05, 0.1) is 5.56 Å². The Labute approximate surface area is 325 Å². The first-order chi connectivity index (χ1) is 27.7. The molecule has 0 saturated heterocycles. The van der Waals surface area contributed by atoms with E-state index in [0.717, 1.165) is 54.5 Å². The fraction of sp³-hybridized carbons (Fsp3) is 0. The smallest absolute Gasteiger partial charge is 0.167 e. The van der Waals surface area contributed by atoms with Crippen LogP contribution in [0.4, 0.5) is 0 Å². The molecule has 0 radical (unpaired) electrons. The molecule has 0 N–H and O–H groups in total. The molecule has 56 heavy (non-hydrogen) atoms. The van der Waals surface area contributed by atoms with Gasteiger partial charge in [-0.25, -0.2) is 15.0 Å². The lowest BCUT2D eigenvalue weighted by molar-refractivity contribution is 0.669.